The van der Waals surface area contributed by atoms with E-state index in [0.717, 1.165) is 49.3 Å². The number of hydrogen-bond acceptors (Lipinski definition) is 4. The van der Waals surface area contributed by atoms with E-state index in [4.69, 9.17) is 4.98 Å². The Balaban J connectivity index is 1.72. The lowest BCUT2D eigenvalue weighted by Crippen LogP contribution is -2.48. The minimum absolute atomic E-state index is 0.00316. The van der Waals surface area contributed by atoms with Gasteiger partial charge in [-0.1, -0.05) is 20.8 Å². The molecule has 1 aliphatic heterocycles. The van der Waals surface area contributed by atoms with E-state index < -0.39 is 0 Å². The van der Waals surface area contributed by atoms with Crippen LogP contribution in [-0.4, -0.2) is 43.4 Å². The molecule has 0 aromatic carbocycles. The van der Waals surface area contributed by atoms with Crippen molar-refractivity contribution in [1.29, 1.82) is 0 Å². The highest BCUT2D eigenvalue weighted by Gasteiger charge is 2.46. The first kappa shape index (κ1) is 17.9. The summed E-state index contributed by atoms with van der Waals surface area (Å²) in [6.45, 7) is 7.51. The quantitative estimate of drug-likeness (QED) is 0.832. The molecule has 1 N–H and O–H groups in total. The molecule has 4 rings (SSSR count). The number of nitrogens with zero attached hydrogens (tertiary/aromatic N) is 4. The van der Waals surface area contributed by atoms with Crippen LogP contribution < -0.4 is 5.56 Å². The van der Waals surface area contributed by atoms with Crippen molar-refractivity contribution in [1.82, 2.24) is 24.4 Å². The Bertz CT molecular complexity index is 952. The van der Waals surface area contributed by atoms with Crippen LogP contribution in [0.5, 0.6) is 0 Å². The molecule has 3 heterocycles. The molecule has 7 heteroatoms. The zero-order valence-electron chi connectivity index (χ0n) is 16.5. The molecule has 0 radical (unpaired) electrons. The number of carbonyl (C=O) groups excluding carboxylic acids is 1. The number of aromatic amines is 1. The van der Waals surface area contributed by atoms with Gasteiger partial charge in [-0.05, 0) is 25.7 Å². The predicted molar refractivity (Wildman–Crippen MR) is 102 cm³/mol. The van der Waals surface area contributed by atoms with Gasteiger partial charge in [0.05, 0.1) is 18.2 Å². The smallest absolute Gasteiger partial charge is 0.272 e. The number of aromatic nitrogens is 4. The largest absolute Gasteiger partial charge is 0.336 e. The molecule has 1 unspecified atom stereocenters. The number of imidazole rings is 1. The van der Waals surface area contributed by atoms with E-state index in [1.54, 1.807) is 17.1 Å². The first-order valence-electron chi connectivity index (χ1n) is 9.61. The summed E-state index contributed by atoms with van der Waals surface area (Å²) in [6, 6.07) is 0. The van der Waals surface area contributed by atoms with Crippen molar-refractivity contribution in [3.05, 3.63) is 45.7 Å². The molecular formula is C20H27N5O2. The van der Waals surface area contributed by atoms with Crippen molar-refractivity contribution in [2.24, 2.45) is 7.05 Å². The summed E-state index contributed by atoms with van der Waals surface area (Å²) in [5.41, 5.74) is 1.86. The van der Waals surface area contributed by atoms with Crippen LogP contribution in [0.4, 0.5) is 0 Å². The number of nitrogens with one attached hydrogen (secondary N) is 1. The minimum atomic E-state index is -0.225. The summed E-state index contributed by atoms with van der Waals surface area (Å²) in [5.74, 6) is 0.728. The Morgan fingerprint density at radius 1 is 1.30 bits per heavy atom. The van der Waals surface area contributed by atoms with Crippen molar-refractivity contribution in [2.45, 2.75) is 57.3 Å². The van der Waals surface area contributed by atoms with Gasteiger partial charge >= 0.3 is 0 Å². The van der Waals surface area contributed by atoms with Crippen LogP contribution in [0.1, 0.15) is 67.6 Å². The molecule has 0 saturated carbocycles. The molecule has 0 bridgehead atoms. The van der Waals surface area contributed by atoms with Gasteiger partial charge in [-0.15, -0.1) is 0 Å². The lowest BCUT2D eigenvalue weighted by atomic mass is 9.77. The lowest BCUT2D eigenvalue weighted by Gasteiger charge is -2.40. The summed E-state index contributed by atoms with van der Waals surface area (Å²) in [4.78, 5) is 39.5. The van der Waals surface area contributed by atoms with Gasteiger partial charge in [0.1, 0.15) is 11.5 Å². The first-order valence-corrected chi connectivity index (χ1v) is 9.61. The van der Waals surface area contributed by atoms with Crippen molar-refractivity contribution >= 4 is 5.91 Å². The number of hydrogen-bond donors (Lipinski definition) is 1. The fourth-order valence-electron chi connectivity index (χ4n) is 4.43. The summed E-state index contributed by atoms with van der Waals surface area (Å²) < 4.78 is 1.76. The van der Waals surface area contributed by atoms with Crippen LogP contribution in [0, 0.1) is 0 Å². The Morgan fingerprint density at radius 3 is 2.74 bits per heavy atom. The van der Waals surface area contributed by atoms with Gasteiger partial charge in [0.25, 0.3) is 11.5 Å². The lowest BCUT2D eigenvalue weighted by molar-refractivity contribution is 0.0623. The number of likely N-dealkylation sites (tertiary alicyclic amines) is 1. The average Bonchev–Trinajstić information content (AvgIpc) is 3.18. The van der Waals surface area contributed by atoms with E-state index in [1.807, 2.05) is 11.9 Å². The molecule has 2 aromatic rings. The van der Waals surface area contributed by atoms with Crippen LogP contribution in [0.25, 0.3) is 0 Å². The normalized spacial score (nSPS) is 22.3. The summed E-state index contributed by atoms with van der Waals surface area (Å²) >= 11 is 0. The third kappa shape index (κ3) is 2.89. The standard InChI is InChI=1S/C20H27N5O2/c1-19(2,3)18-22-15-13(16(26)23-18)6-8-20(15)7-5-9-25(11-20)17(27)14-10-21-12-24(14)4/h10,12H,5-9,11H2,1-4H3,(H,22,23,26). The zero-order chi connectivity index (χ0) is 19.4. The highest BCUT2D eigenvalue weighted by atomic mass is 16.2. The van der Waals surface area contributed by atoms with Crippen LogP contribution in [0.15, 0.2) is 17.3 Å². The van der Waals surface area contributed by atoms with Crippen LogP contribution >= 0.6 is 0 Å². The third-order valence-electron chi connectivity index (χ3n) is 5.98. The Hall–Kier alpha value is -2.44. The molecule has 2 aromatic heterocycles. The highest BCUT2D eigenvalue weighted by Crippen LogP contribution is 2.43. The van der Waals surface area contributed by atoms with E-state index in [1.165, 1.54) is 0 Å². The molecule has 1 atom stereocenters. The number of rotatable bonds is 1. The number of fused-ring (bicyclic) bond motifs is 2. The second kappa shape index (κ2) is 6.04. The maximum absolute atomic E-state index is 13.0. The molecule has 1 saturated heterocycles. The van der Waals surface area contributed by atoms with Gasteiger partial charge in [-0.25, -0.2) is 9.97 Å². The van der Waals surface area contributed by atoms with E-state index >= 15 is 0 Å². The van der Waals surface area contributed by atoms with Gasteiger partial charge in [-0.3, -0.25) is 9.59 Å². The summed E-state index contributed by atoms with van der Waals surface area (Å²) in [5, 5.41) is 0. The third-order valence-corrected chi connectivity index (χ3v) is 5.98. The molecule has 1 spiro atoms. The van der Waals surface area contributed by atoms with Gasteiger partial charge in [-0.2, -0.15) is 0 Å². The van der Waals surface area contributed by atoms with Gasteiger partial charge in [0.2, 0.25) is 0 Å². The van der Waals surface area contributed by atoms with Crippen molar-refractivity contribution in [3.63, 3.8) is 0 Å². The molecule has 1 fully saturated rings. The number of piperidine rings is 1. The van der Waals surface area contributed by atoms with E-state index in [0.29, 0.717) is 12.2 Å². The highest BCUT2D eigenvalue weighted by molar-refractivity contribution is 5.92. The number of aryl methyl sites for hydroxylation is 1. The first-order chi connectivity index (χ1) is 12.7. The van der Waals surface area contributed by atoms with Crippen molar-refractivity contribution in [2.75, 3.05) is 13.1 Å². The van der Waals surface area contributed by atoms with Crippen LogP contribution in [0.2, 0.25) is 0 Å². The maximum Gasteiger partial charge on any atom is 0.272 e. The Morgan fingerprint density at radius 2 is 2.07 bits per heavy atom. The maximum atomic E-state index is 13.0. The Labute approximate surface area is 158 Å². The molecule has 1 aliphatic carbocycles. The van der Waals surface area contributed by atoms with E-state index in [9.17, 15) is 9.59 Å². The molecule has 2 aliphatic rings. The van der Waals surface area contributed by atoms with Crippen LogP contribution in [-0.2, 0) is 24.3 Å². The fraction of sp³-hybridized carbons (Fsp3) is 0.600. The van der Waals surface area contributed by atoms with E-state index in [2.05, 4.69) is 30.7 Å². The number of carbonyl (C=O) groups is 1. The summed E-state index contributed by atoms with van der Waals surface area (Å²) in [7, 11) is 1.83. The SMILES string of the molecule is Cn1cncc1C(=O)N1CCCC2(CCc3c2nc(C(C)(C)C)[nH]c3=O)C1. The predicted octanol–water partition coefficient (Wildman–Crippen LogP) is 1.92. The molecule has 27 heavy (non-hydrogen) atoms. The topological polar surface area (TPSA) is 83.9 Å². The molecule has 144 valence electrons. The monoisotopic (exact) mass is 369 g/mol. The van der Waals surface area contributed by atoms with Gasteiger partial charge < -0.3 is 14.5 Å². The van der Waals surface area contributed by atoms with Gasteiger partial charge in [0, 0.05) is 36.5 Å². The number of amides is 1. The fourth-order valence-corrected chi connectivity index (χ4v) is 4.43. The minimum Gasteiger partial charge on any atom is -0.336 e. The number of H-pyrrole nitrogens is 1. The zero-order valence-corrected chi connectivity index (χ0v) is 16.5. The van der Waals surface area contributed by atoms with Crippen LogP contribution in [0.3, 0.4) is 0 Å². The van der Waals surface area contributed by atoms with Crippen molar-refractivity contribution in [3.8, 4) is 0 Å². The average molecular weight is 369 g/mol. The molecule has 1 amide bonds. The van der Waals surface area contributed by atoms with Crippen molar-refractivity contribution < 1.29 is 4.79 Å². The molecular weight excluding hydrogens is 342 g/mol. The second-order valence-corrected chi connectivity index (χ2v) is 8.99. The Kier molecular flexibility index (Phi) is 4.01. The van der Waals surface area contributed by atoms with E-state index in [-0.39, 0.29) is 22.3 Å². The molecule has 7 nitrogen and oxygen atoms in total. The summed E-state index contributed by atoms with van der Waals surface area (Å²) in [6.07, 6.45) is 6.76. The van der Waals surface area contributed by atoms with Gasteiger partial charge in [0.15, 0.2) is 0 Å². The second-order valence-electron chi connectivity index (χ2n) is 8.99.